The Morgan fingerprint density at radius 1 is 0.810 bits per heavy atom. The Morgan fingerprint density at radius 2 is 1.67 bits per heavy atom. The number of hydrogen-bond donors (Lipinski definition) is 1. The van der Waals surface area contributed by atoms with E-state index in [1.807, 2.05) is 47.7 Å². The molecule has 0 unspecified atom stereocenters. The number of nitriles is 1. The summed E-state index contributed by atoms with van der Waals surface area (Å²) >= 11 is 1.90. The number of para-hydroxylation sites is 1. The highest BCUT2D eigenvalue weighted by atomic mass is 32.1. The summed E-state index contributed by atoms with van der Waals surface area (Å²) < 4.78 is 9.83. The lowest BCUT2D eigenvalue weighted by atomic mass is 9.98. The average Bonchev–Trinajstić information content (AvgIpc) is 3.69. The third-order valence-electron chi connectivity index (χ3n) is 8.63. The number of aryl methyl sites for hydroxylation is 1. The molecule has 3 aromatic heterocycles. The summed E-state index contributed by atoms with van der Waals surface area (Å²) in [5.41, 5.74) is 15.9. The molecule has 0 atom stereocenters. The van der Waals surface area contributed by atoms with Crippen LogP contribution in [0.1, 0.15) is 22.4 Å². The van der Waals surface area contributed by atoms with Gasteiger partial charge in [0, 0.05) is 42.4 Å². The molecule has 0 saturated carbocycles. The molecule has 1 aliphatic carbocycles. The number of nitrogens with zero attached hydrogens (tertiary/aromatic N) is 2. The molecule has 0 radical (unpaired) electrons. The van der Waals surface area contributed by atoms with Crippen molar-refractivity contribution in [3.05, 3.63) is 113 Å². The van der Waals surface area contributed by atoms with E-state index in [-0.39, 0.29) is 0 Å². The van der Waals surface area contributed by atoms with Crippen molar-refractivity contribution in [2.75, 3.05) is 5.73 Å². The number of rotatable bonds is 2. The monoisotopic (exact) mass is 557 g/mol. The van der Waals surface area contributed by atoms with Gasteiger partial charge in [0.1, 0.15) is 11.2 Å². The fourth-order valence-electron chi connectivity index (χ4n) is 6.74. The van der Waals surface area contributed by atoms with Crippen LogP contribution in [0.3, 0.4) is 0 Å². The average molecular weight is 558 g/mol. The van der Waals surface area contributed by atoms with Crippen LogP contribution in [0.4, 0.5) is 5.69 Å². The Labute approximate surface area is 245 Å². The smallest absolute Gasteiger partial charge is 0.135 e. The van der Waals surface area contributed by atoms with Crippen molar-refractivity contribution >= 4 is 76.9 Å². The molecule has 9 rings (SSSR count). The van der Waals surface area contributed by atoms with E-state index in [9.17, 15) is 5.26 Å². The van der Waals surface area contributed by atoms with Gasteiger partial charge in [0.05, 0.1) is 28.4 Å². The van der Waals surface area contributed by atoms with Gasteiger partial charge in [-0.2, -0.15) is 5.26 Å². The summed E-state index contributed by atoms with van der Waals surface area (Å²) in [6, 6.07) is 33.6. The first kappa shape index (κ1) is 23.4. The highest BCUT2D eigenvalue weighted by Gasteiger charge is 2.22. The first-order chi connectivity index (χ1) is 20.7. The number of nitrogens with two attached hydrogens (primary N) is 1. The van der Waals surface area contributed by atoms with E-state index >= 15 is 0 Å². The van der Waals surface area contributed by atoms with E-state index in [1.165, 1.54) is 36.8 Å². The molecule has 2 N–H and O–H groups in total. The van der Waals surface area contributed by atoms with Crippen LogP contribution >= 0.6 is 11.3 Å². The summed E-state index contributed by atoms with van der Waals surface area (Å²) in [6.07, 6.45) is 6.76. The highest BCUT2D eigenvalue weighted by Crippen LogP contribution is 2.45. The van der Waals surface area contributed by atoms with Crippen molar-refractivity contribution in [2.24, 2.45) is 0 Å². The Hall–Kier alpha value is -5.31. The molecule has 4 nitrogen and oxygen atoms in total. The number of allylic oxidation sites excluding steroid dienone is 1. The topological polar surface area (TPSA) is 67.9 Å². The molecular formula is C37H23N3OS. The maximum Gasteiger partial charge on any atom is 0.135 e. The van der Waals surface area contributed by atoms with Crippen molar-refractivity contribution in [1.82, 2.24) is 4.57 Å². The van der Waals surface area contributed by atoms with Crippen LogP contribution in [-0.2, 0) is 6.42 Å². The van der Waals surface area contributed by atoms with Gasteiger partial charge in [-0.15, -0.1) is 11.3 Å². The van der Waals surface area contributed by atoms with Crippen LogP contribution in [0.25, 0.3) is 76.7 Å². The Morgan fingerprint density at radius 3 is 2.57 bits per heavy atom. The molecule has 0 saturated heterocycles. The number of aromatic nitrogens is 1. The van der Waals surface area contributed by atoms with Gasteiger partial charge < -0.3 is 14.7 Å². The van der Waals surface area contributed by atoms with E-state index in [4.69, 9.17) is 10.2 Å². The fraction of sp³-hybridized carbons (Fsp3) is 0.0541. The van der Waals surface area contributed by atoms with Gasteiger partial charge in [-0.25, -0.2) is 0 Å². The van der Waals surface area contributed by atoms with Crippen LogP contribution in [0, 0.1) is 11.3 Å². The summed E-state index contributed by atoms with van der Waals surface area (Å²) in [7, 11) is 0. The quantitative estimate of drug-likeness (QED) is 0.215. The van der Waals surface area contributed by atoms with Crippen molar-refractivity contribution in [2.45, 2.75) is 12.8 Å². The zero-order valence-electron chi connectivity index (χ0n) is 22.5. The lowest BCUT2D eigenvalue weighted by Gasteiger charge is -2.15. The van der Waals surface area contributed by atoms with Crippen molar-refractivity contribution in [3.63, 3.8) is 0 Å². The largest absolute Gasteiger partial charge is 0.456 e. The first-order valence-corrected chi connectivity index (χ1v) is 14.9. The first-order valence-electron chi connectivity index (χ1n) is 14.1. The van der Waals surface area contributed by atoms with Gasteiger partial charge in [0.25, 0.3) is 0 Å². The third kappa shape index (κ3) is 3.21. The number of fused-ring (bicyclic) bond motifs is 10. The molecule has 0 amide bonds. The molecule has 8 aromatic rings. The van der Waals surface area contributed by atoms with Crippen molar-refractivity contribution in [3.8, 4) is 22.9 Å². The predicted octanol–water partition coefficient (Wildman–Crippen LogP) is 9.98. The second-order valence-corrected chi connectivity index (χ2v) is 12.0. The molecule has 0 bridgehead atoms. The fourth-order valence-corrected chi connectivity index (χ4v) is 8.08. The second-order valence-electron chi connectivity index (χ2n) is 11.0. The van der Waals surface area contributed by atoms with E-state index in [1.54, 1.807) is 0 Å². The summed E-state index contributed by atoms with van der Waals surface area (Å²) in [5.74, 6) is 0. The van der Waals surface area contributed by atoms with Crippen LogP contribution in [0.15, 0.2) is 101 Å². The lowest BCUT2D eigenvalue weighted by Crippen LogP contribution is -1.98. The third-order valence-corrected chi connectivity index (χ3v) is 9.86. The normalized spacial score (nSPS) is 13.0. The van der Waals surface area contributed by atoms with Crippen LogP contribution < -0.4 is 5.73 Å². The lowest BCUT2D eigenvalue weighted by molar-refractivity contribution is 0.669. The van der Waals surface area contributed by atoms with Crippen LogP contribution in [-0.4, -0.2) is 4.57 Å². The molecule has 0 aliphatic heterocycles. The van der Waals surface area contributed by atoms with Gasteiger partial charge in [0.15, 0.2) is 0 Å². The van der Waals surface area contributed by atoms with E-state index in [2.05, 4.69) is 77.4 Å². The number of hydrogen-bond acceptors (Lipinski definition) is 4. The summed E-state index contributed by atoms with van der Waals surface area (Å²) in [6.45, 7) is 0. The highest BCUT2D eigenvalue weighted by molar-refractivity contribution is 7.21. The Balaban J connectivity index is 1.37. The maximum absolute atomic E-state index is 9.89. The maximum atomic E-state index is 9.89. The number of benzene rings is 5. The SMILES string of the molecule is N#Cc1ccc(-n2c3ccccc3c3c4sc5c(c4ccc32)CCC=C5)c(-c2ccc3oc4ccc(N)cc4c3c2)c1. The van der Waals surface area contributed by atoms with Gasteiger partial charge >= 0.3 is 0 Å². The molecule has 0 fully saturated rings. The van der Waals surface area contributed by atoms with Gasteiger partial charge in [-0.3, -0.25) is 0 Å². The van der Waals surface area contributed by atoms with E-state index in [0.29, 0.717) is 11.3 Å². The molecule has 198 valence electrons. The molecular weight excluding hydrogens is 534 g/mol. The minimum Gasteiger partial charge on any atom is -0.456 e. The summed E-state index contributed by atoms with van der Waals surface area (Å²) in [5, 5.41) is 15.8. The minimum absolute atomic E-state index is 0.621. The van der Waals surface area contributed by atoms with Crippen molar-refractivity contribution in [1.29, 1.82) is 5.26 Å². The van der Waals surface area contributed by atoms with E-state index < -0.39 is 0 Å². The summed E-state index contributed by atoms with van der Waals surface area (Å²) in [4.78, 5) is 1.38. The molecule has 3 heterocycles. The molecule has 0 spiro atoms. The predicted molar refractivity (Wildman–Crippen MR) is 175 cm³/mol. The number of nitrogen functional groups attached to an aromatic ring is 1. The molecule has 42 heavy (non-hydrogen) atoms. The van der Waals surface area contributed by atoms with Gasteiger partial charge in [-0.1, -0.05) is 36.4 Å². The van der Waals surface area contributed by atoms with Crippen molar-refractivity contribution < 1.29 is 4.42 Å². The number of furan rings is 1. The Kier molecular flexibility index (Phi) is 4.79. The van der Waals surface area contributed by atoms with Gasteiger partial charge in [0.2, 0.25) is 0 Å². The van der Waals surface area contributed by atoms with E-state index in [0.717, 1.165) is 57.1 Å². The van der Waals surface area contributed by atoms with Gasteiger partial charge in [-0.05, 0) is 96.1 Å². The molecule has 5 heteroatoms. The standard InChI is InChI=1S/C37H23N3OS/c38-20-21-9-13-31(27(17-21)22-10-15-33-28(18-22)29-19-23(39)11-16-34(29)41-33)40-30-7-3-1-6-26(30)36-32(40)14-12-25-24-5-2-4-8-35(24)42-37(25)36/h1,3-4,6-19H,2,5,39H2. The molecule has 5 aromatic carbocycles. The minimum atomic E-state index is 0.621. The number of thiophene rings is 1. The number of anilines is 1. The Bertz CT molecular complexity index is 2500. The molecule has 1 aliphatic rings. The van der Waals surface area contributed by atoms with Crippen LogP contribution in [0.2, 0.25) is 0 Å². The second kappa shape index (κ2) is 8.59. The van der Waals surface area contributed by atoms with Crippen LogP contribution in [0.5, 0.6) is 0 Å². The zero-order chi connectivity index (χ0) is 27.9. The zero-order valence-corrected chi connectivity index (χ0v) is 23.3.